The van der Waals surface area contributed by atoms with Crippen molar-refractivity contribution in [3.05, 3.63) is 0 Å². The van der Waals surface area contributed by atoms with Gasteiger partial charge in [0.15, 0.2) is 0 Å². The second kappa shape index (κ2) is 27.4. The zero-order valence-corrected chi connectivity index (χ0v) is 20.8. The first-order valence-electron chi connectivity index (χ1n) is 13.2. The summed E-state index contributed by atoms with van der Waals surface area (Å²) in [5.41, 5.74) is 0. The Bertz CT molecular complexity index is 349. The SMILES string of the molecule is CCCCCCCCCCCCCCCCCC(=O)OCCOCCOCCOCC. The molecule has 0 saturated heterocycles. The van der Waals surface area contributed by atoms with Crippen molar-refractivity contribution in [3.8, 4) is 0 Å². The van der Waals surface area contributed by atoms with Gasteiger partial charge in [-0.25, -0.2) is 0 Å². The van der Waals surface area contributed by atoms with Crippen LogP contribution >= 0.6 is 0 Å². The number of rotatable bonds is 26. The van der Waals surface area contributed by atoms with Crippen molar-refractivity contribution < 1.29 is 23.7 Å². The Morgan fingerprint density at radius 3 is 1.32 bits per heavy atom. The molecule has 0 rings (SSSR count). The number of carbonyl (C=O) groups is 1. The van der Waals surface area contributed by atoms with E-state index >= 15 is 0 Å². The van der Waals surface area contributed by atoms with Crippen molar-refractivity contribution in [2.24, 2.45) is 0 Å². The average Bonchev–Trinajstić information content (AvgIpc) is 2.77. The number of hydrogen-bond acceptors (Lipinski definition) is 5. The summed E-state index contributed by atoms with van der Waals surface area (Å²) in [5, 5.41) is 0. The first-order valence-corrected chi connectivity index (χ1v) is 13.2. The largest absolute Gasteiger partial charge is 0.463 e. The highest BCUT2D eigenvalue weighted by Crippen LogP contribution is 2.13. The van der Waals surface area contributed by atoms with Crippen molar-refractivity contribution in [2.45, 2.75) is 117 Å². The number of ether oxygens (including phenoxy) is 4. The lowest BCUT2D eigenvalue weighted by Crippen LogP contribution is -2.13. The fourth-order valence-corrected chi connectivity index (χ4v) is 3.51. The van der Waals surface area contributed by atoms with Gasteiger partial charge < -0.3 is 18.9 Å². The maximum absolute atomic E-state index is 11.7. The molecular formula is C26H52O5. The molecule has 0 saturated carbocycles. The summed E-state index contributed by atoms with van der Waals surface area (Å²) < 4.78 is 21.1. The Labute approximate surface area is 192 Å². The van der Waals surface area contributed by atoms with Crippen LogP contribution in [0.5, 0.6) is 0 Å². The van der Waals surface area contributed by atoms with Crippen LogP contribution in [0.2, 0.25) is 0 Å². The molecule has 0 amide bonds. The van der Waals surface area contributed by atoms with Crippen LogP contribution in [0.4, 0.5) is 0 Å². The Morgan fingerprint density at radius 2 is 0.871 bits per heavy atom. The zero-order valence-electron chi connectivity index (χ0n) is 20.8. The minimum atomic E-state index is -0.105. The normalized spacial score (nSPS) is 11.2. The summed E-state index contributed by atoms with van der Waals surface area (Å²) in [6.45, 7) is 7.98. The van der Waals surface area contributed by atoms with Crippen molar-refractivity contribution >= 4 is 5.97 Å². The maximum atomic E-state index is 11.7. The molecule has 0 unspecified atom stereocenters. The molecule has 0 radical (unpaired) electrons. The van der Waals surface area contributed by atoms with Gasteiger partial charge in [-0.2, -0.15) is 0 Å². The van der Waals surface area contributed by atoms with Gasteiger partial charge in [0.25, 0.3) is 0 Å². The smallest absolute Gasteiger partial charge is 0.305 e. The summed E-state index contributed by atoms with van der Waals surface area (Å²) in [7, 11) is 0. The quantitative estimate of drug-likeness (QED) is 0.108. The highest BCUT2D eigenvalue weighted by atomic mass is 16.6. The molecule has 0 bridgehead atoms. The topological polar surface area (TPSA) is 54.0 Å². The second-order valence-corrected chi connectivity index (χ2v) is 8.34. The molecule has 0 aromatic rings. The van der Waals surface area contributed by atoms with Gasteiger partial charge >= 0.3 is 5.97 Å². The Morgan fingerprint density at radius 1 is 0.484 bits per heavy atom. The lowest BCUT2D eigenvalue weighted by atomic mass is 10.0. The highest BCUT2D eigenvalue weighted by Gasteiger charge is 2.02. The number of esters is 1. The third kappa shape index (κ3) is 27.3. The molecular weight excluding hydrogens is 392 g/mol. The van der Waals surface area contributed by atoms with E-state index in [2.05, 4.69) is 6.92 Å². The molecule has 0 atom stereocenters. The van der Waals surface area contributed by atoms with E-state index in [4.69, 9.17) is 18.9 Å². The van der Waals surface area contributed by atoms with E-state index in [0.717, 1.165) is 12.8 Å². The van der Waals surface area contributed by atoms with E-state index in [1.165, 1.54) is 83.5 Å². The van der Waals surface area contributed by atoms with Gasteiger partial charge in [-0.15, -0.1) is 0 Å². The van der Waals surface area contributed by atoms with Crippen molar-refractivity contribution in [3.63, 3.8) is 0 Å². The summed E-state index contributed by atoms with van der Waals surface area (Å²) in [5.74, 6) is -0.105. The minimum Gasteiger partial charge on any atom is -0.463 e. The Balaban J connectivity index is 3.13. The van der Waals surface area contributed by atoms with Crippen LogP contribution in [0.15, 0.2) is 0 Å². The summed E-state index contributed by atoms with van der Waals surface area (Å²) >= 11 is 0. The van der Waals surface area contributed by atoms with E-state index < -0.39 is 0 Å². The van der Waals surface area contributed by atoms with Crippen LogP contribution < -0.4 is 0 Å². The van der Waals surface area contributed by atoms with Crippen LogP contribution in [0, 0.1) is 0 Å². The lowest BCUT2D eigenvalue weighted by Gasteiger charge is -2.07. The monoisotopic (exact) mass is 444 g/mol. The average molecular weight is 445 g/mol. The molecule has 0 aromatic heterocycles. The summed E-state index contributed by atoms with van der Waals surface area (Å²) in [4.78, 5) is 11.7. The van der Waals surface area contributed by atoms with Gasteiger partial charge in [0.1, 0.15) is 6.61 Å². The third-order valence-corrected chi connectivity index (χ3v) is 5.42. The van der Waals surface area contributed by atoms with Crippen LogP contribution in [0.3, 0.4) is 0 Å². The van der Waals surface area contributed by atoms with Crippen LogP contribution in [0.1, 0.15) is 117 Å². The predicted octanol–water partition coefficient (Wildman–Crippen LogP) is 6.86. The van der Waals surface area contributed by atoms with Crippen LogP contribution in [-0.4, -0.2) is 52.2 Å². The van der Waals surface area contributed by atoms with Crippen molar-refractivity contribution in [1.82, 2.24) is 0 Å². The molecule has 186 valence electrons. The van der Waals surface area contributed by atoms with Crippen LogP contribution in [-0.2, 0) is 23.7 Å². The Kier molecular flexibility index (Phi) is 26.8. The number of carbonyl (C=O) groups excluding carboxylic acids is 1. The predicted molar refractivity (Wildman–Crippen MR) is 129 cm³/mol. The molecule has 5 nitrogen and oxygen atoms in total. The molecule has 0 heterocycles. The van der Waals surface area contributed by atoms with Gasteiger partial charge in [-0.3, -0.25) is 4.79 Å². The highest BCUT2D eigenvalue weighted by molar-refractivity contribution is 5.69. The van der Waals surface area contributed by atoms with E-state index in [0.29, 0.717) is 52.7 Å². The molecule has 0 aliphatic heterocycles. The molecule has 0 fully saturated rings. The first-order chi connectivity index (χ1) is 15.3. The fraction of sp³-hybridized carbons (Fsp3) is 0.962. The molecule has 0 aliphatic carbocycles. The van der Waals surface area contributed by atoms with E-state index in [-0.39, 0.29) is 5.97 Å². The third-order valence-electron chi connectivity index (χ3n) is 5.42. The lowest BCUT2D eigenvalue weighted by molar-refractivity contribution is -0.145. The van der Waals surface area contributed by atoms with Gasteiger partial charge in [0.2, 0.25) is 0 Å². The van der Waals surface area contributed by atoms with Gasteiger partial charge in [0.05, 0.1) is 33.0 Å². The van der Waals surface area contributed by atoms with E-state index in [1.54, 1.807) is 0 Å². The summed E-state index contributed by atoms with van der Waals surface area (Å²) in [6, 6.07) is 0. The van der Waals surface area contributed by atoms with Gasteiger partial charge in [0, 0.05) is 13.0 Å². The van der Waals surface area contributed by atoms with Crippen molar-refractivity contribution in [1.29, 1.82) is 0 Å². The summed E-state index contributed by atoms with van der Waals surface area (Å²) in [6.07, 6.45) is 20.5. The molecule has 0 N–H and O–H groups in total. The fourth-order valence-electron chi connectivity index (χ4n) is 3.51. The zero-order chi connectivity index (χ0) is 22.7. The standard InChI is InChI=1S/C26H52O5/c1-3-5-6-7-8-9-10-11-12-13-14-15-16-17-18-19-26(27)31-25-24-30-23-22-29-21-20-28-4-2/h3-25H2,1-2H3. The second-order valence-electron chi connectivity index (χ2n) is 8.34. The molecule has 5 heteroatoms. The van der Waals surface area contributed by atoms with Gasteiger partial charge in [-0.05, 0) is 13.3 Å². The minimum absolute atomic E-state index is 0.105. The van der Waals surface area contributed by atoms with E-state index in [1.807, 2.05) is 6.92 Å². The first kappa shape index (κ1) is 30.4. The van der Waals surface area contributed by atoms with Crippen molar-refractivity contribution in [2.75, 3.05) is 46.2 Å². The Hall–Kier alpha value is -0.650. The number of unbranched alkanes of at least 4 members (excludes halogenated alkanes) is 14. The molecule has 31 heavy (non-hydrogen) atoms. The number of hydrogen-bond donors (Lipinski definition) is 0. The molecule has 0 spiro atoms. The molecule has 0 aromatic carbocycles. The van der Waals surface area contributed by atoms with Crippen LogP contribution in [0.25, 0.3) is 0 Å². The molecule has 0 aliphatic rings. The van der Waals surface area contributed by atoms with E-state index in [9.17, 15) is 4.79 Å². The van der Waals surface area contributed by atoms with Gasteiger partial charge in [-0.1, -0.05) is 96.8 Å². The maximum Gasteiger partial charge on any atom is 0.305 e.